The van der Waals surface area contributed by atoms with Crippen LogP contribution in [0.25, 0.3) is 16.9 Å². The number of halogens is 4. The first-order valence-corrected chi connectivity index (χ1v) is 16.9. The quantitative estimate of drug-likeness (QED) is 0.0947. The van der Waals surface area contributed by atoms with Crippen molar-refractivity contribution in [2.24, 2.45) is 5.92 Å². The van der Waals surface area contributed by atoms with Crippen molar-refractivity contribution in [2.75, 3.05) is 26.2 Å². The van der Waals surface area contributed by atoms with Crippen LogP contribution in [-0.4, -0.2) is 40.7 Å². The van der Waals surface area contributed by atoms with Crippen LogP contribution in [-0.2, 0) is 12.6 Å². The average molecular weight is 652 g/mol. The van der Waals surface area contributed by atoms with Crippen LogP contribution in [0.15, 0.2) is 72.9 Å². The van der Waals surface area contributed by atoms with E-state index in [1.807, 2.05) is 42.6 Å². The molecule has 0 N–H and O–H groups in total. The van der Waals surface area contributed by atoms with Crippen molar-refractivity contribution in [1.82, 2.24) is 14.5 Å². The number of hydrogen-bond donors (Lipinski definition) is 0. The molecule has 0 atom stereocenters. The molecule has 1 aliphatic rings. The largest absolute Gasteiger partial charge is 0.494 e. The monoisotopic (exact) mass is 651 g/mol. The minimum Gasteiger partial charge on any atom is -0.494 e. The van der Waals surface area contributed by atoms with Gasteiger partial charge in [0.2, 0.25) is 0 Å². The standard InChI is InChI=1S/C38H45F4N3O2/c1-3-44(4-2)24-9-25-46-31-18-14-29(15-19-31)36-27-45(37(43-36)13-8-12-28-10-6-5-7-11-28)30-16-20-32(21-17-30)47-33-22-23-35(39)34(26-33)38(40,41)42/h14-23,26-28H,3-13,24-25H2,1-2H3. The number of hydrogen-bond acceptors (Lipinski definition) is 4. The number of alkyl halides is 3. The summed E-state index contributed by atoms with van der Waals surface area (Å²) in [6, 6.07) is 17.8. The van der Waals surface area contributed by atoms with Gasteiger partial charge in [0.1, 0.15) is 28.9 Å². The first kappa shape index (κ1) is 34.5. The highest BCUT2D eigenvalue weighted by atomic mass is 19.4. The van der Waals surface area contributed by atoms with Gasteiger partial charge >= 0.3 is 6.18 Å². The fourth-order valence-corrected chi connectivity index (χ4v) is 6.32. The molecule has 0 aliphatic heterocycles. The highest BCUT2D eigenvalue weighted by Crippen LogP contribution is 2.35. The zero-order valence-electron chi connectivity index (χ0n) is 27.4. The molecule has 9 heteroatoms. The molecule has 0 radical (unpaired) electrons. The van der Waals surface area contributed by atoms with Gasteiger partial charge in [-0.1, -0.05) is 52.4 Å². The lowest BCUT2D eigenvalue weighted by molar-refractivity contribution is -0.140. The van der Waals surface area contributed by atoms with Crippen LogP contribution < -0.4 is 9.47 Å². The van der Waals surface area contributed by atoms with Crippen LogP contribution in [0.4, 0.5) is 17.6 Å². The Balaban J connectivity index is 1.30. The van der Waals surface area contributed by atoms with Gasteiger partial charge in [-0.15, -0.1) is 0 Å². The molecule has 1 saturated carbocycles. The maximum atomic E-state index is 13.7. The average Bonchev–Trinajstić information content (AvgIpc) is 3.50. The predicted octanol–water partition coefficient (Wildman–Crippen LogP) is 10.5. The van der Waals surface area contributed by atoms with E-state index in [0.717, 1.165) is 79.4 Å². The first-order chi connectivity index (χ1) is 22.7. The molecule has 1 fully saturated rings. The second-order valence-electron chi connectivity index (χ2n) is 12.3. The molecule has 0 unspecified atom stereocenters. The van der Waals surface area contributed by atoms with Gasteiger partial charge in [0.15, 0.2) is 0 Å². The predicted molar refractivity (Wildman–Crippen MR) is 178 cm³/mol. The number of nitrogens with zero attached hydrogens (tertiary/aromatic N) is 3. The van der Waals surface area contributed by atoms with Gasteiger partial charge in [0.05, 0.1) is 17.9 Å². The van der Waals surface area contributed by atoms with E-state index in [0.29, 0.717) is 18.4 Å². The van der Waals surface area contributed by atoms with Gasteiger partial charge in [0.25, 0.3) is 0 Å². The summed E-state index contributed by atoms with van der Waals surface area (Å²) in [5.74, 6) is 1.50. The summed E-state index contributed by atoms with van der Waals surface area (Å²) in [4.78, 5) is 7.44. The molecule has 47 heavy (non-hydrogen) atoms. The van der Waals surface area contributed by atoms with Crippen LogP contribution >= 0.6 is 0 Å². The molecule has 1 aromatic heterocycles. The number of imidazole rings is 1. The lowest BCUT2D eigenvalue weighted by Crippen LogP contribution is -2.25. The van der Waals surface area contributed by atoms with Crippen molar-refractivity contribution in [3.63, 3.8) is 0 Å². The van der Waals surface area contributed by atoms with E-state index in [-0.39, 0.29) is 5.75 Å². The molecule has 1 aliphatic carbocycles. The van der Waals surface area contributed by atoms with Gasteiger partial charge in [-0.2, -0.15) is 13.2 Å². The number of benzene rings is 3. The zero-order chi connectivity index (χ0) is 33.2. The van der Waals surface area contributed by atoms with Gasteiger partial charge in [0, 0.05) is 30.4 Å². The van der Waals surface area contributed by atoms with Crippen molar-refractivity contribution in [3.8, 4) is 34.2 Å². The molecular weight excluding hydrogens is 606 g/mol. The molecule has 5 nitrogen and oxygen atoms in total. The summed E-state index contributed by atoms with van der Waals surface area (Å²) in [7, 11) is 0. The van der Waals surface area contributed by atoms with E-state index in [1.165, 1.54) is 44.6 Å². The smallest absolute Gasteiger partial charge is 0.419 e. The van der Waals surface area contributed by atoms with Gasteiger partial charge in [-0.05, 0) is 98.6 Å². The Morgan fingerprint density at radius 1 is 0.851 bits per heavy atom. The van der Waals surface area contributed by atoms with Gasteiger partial charge in [-0.25, -0.2) is 9.37 Å². The van der Waals surface area contributed by atoms with Crippen LogP contribution in [0.2, 0.25) is 0 Å². The van der Waals surface area contributed by atoms with Crippen LogP contribution in [0, 0.1) is 11.7 Å². The van der Waals surface area contributed by atoms with E-state index in [1.54, 1.807) is 12.1 Å². The lowest BCUT2D eigenvalue weighted by atomic mass is 9.86. The third-order valence-electron chi connectivity index (χ3n) is 9.04. The Morgan fingerprint density at radius 3 is 2.21 bits per heavy atom. The molecule has 0 bridgehead atoms. The van der Waals surface area contributed by atoms with E-state index in [2.05, 4.69) is 23.3 Å². The van der Waals surface area contributed by atoms with Crippen molar-refractivity contribution in [1.29, 1.82) is 0 Å². The Bertz CT molecular complexity index is 1540. The highest BCUT2D eigenvalue weighted by molar-refractivity contribution is 5.61. The maximum Gasteiger partial charge on any atom is 0.419 e. The SMILES string of the molecule is CCN(CC)CCCOc1ccc(-c2cn(-c3ccc(Oc4ccc(F)c(C(F)(F)F)c4)cc3)c(CCCC3CCCCC3)n2)cc1. The minimum absolute atomic E-state index is 0.0869. The normalized spacial score (nSPS) is 14.1. The van der Waals surface area contributed by atoms with Crippen LogP contribution in [0.1, 0.15) is 76.6 Å². The number of ether oxygens (including phenoxy) is 2. The zero-order valence-corrected chi connectivity index (χ0v) is 27.4. The van der Waals surface area contributed by atoms with Crippen LogP contribution in [0.3, 0.4) is 0 Å². The van der Waals surface area contributed by atoms with E-state index in [9.17, 15) is 17.6 Å². The molecule has 252 valence electrons. The van der Waals surface area contributed by atoms with Crippen molar-refractivity contribution in [3.05, 3.63) is 90.1 Å². The topological polar surface area (TPSA) is 39.5 Å². The molecule has 5 rings (SSSR count). The number of aromatic nitrogens is 2. The van der Waals surface area contributed by atoms with Gasteiger partial charge < -0.3 is 18.9 Å². The molecule has 0 saturated heterocycles. The second-order valence-corrected chi connectivity index (χ2v) is 12.3. The second kappa shape index (κ2) is 16.3. The molecule has 4 aromatic rings. The van der Waals surface area contributed by atoms with E-state index < -0.39 is 17.6 Å². The maximum absolute atomic E-state index is 13.7. The molecular formula is C38H45F4N3O2. The Kier molecular flexibility index (Phi) is 12.0. The Hall–Kier alpha value is -3.85. The lowest BCUT2D eigenvalue weighted by Gasteiger charge is -2.21. The van der Waals surface area contributed by atoms with Crippen molar-refractivity contribution < 1.29 is 27.0 Å². The summed E-state index contributed by atoms with van der Waals surface area (Å²) in [6.45, 7) is 8.11. The van der Waals surface area contributed by atoms with E-state index >= 15 is 0 Å². The van der Waals surface area contributed by atoms with E-state index in [4.69, 9.17) is 14.5 Å². The summed E-state index contributed by atoms with van der Waals surface area (Å²) in [5.41, 5.74) is 1.36. The summed E-state index contributed by atoms with van der Waals surface area (Å²) < 4.78 is 67.0. The fraction of sp³-hybridized carbons (Fsp3) is 0.447. The summed E-state index contributed by atoms with van der Waals surface area (Å²) >= 11 is 0. The third-order valence-corrected chi connectivity index (χ3v) is 9.04. The number of rotatable bonds is 15. The van der Waals surface area contributed by atoms with Crippen molar-refractivity contribution in [2.45, 2.75) is 77.8 Å². The summed E-state index contributed by atoms with van der Waals surface area (Å²) in [6.07, 6.45) is 7.87. The highest BCUT2D eigenvalue weighted by Gasteiger charge is 2.34. The number of aryl methyl sites for hydroxylation is 1. The molecule has 0 amide bonds. The minimum atomic E-state index is -4.81. The summed E-state index contributed by atoms with van der Waals surface area (Å²) in [5, 5.41) is 0. The fourth-order valence-electron chi connectivity index (χ4n) is 6.32. The first-order valence-electron chi connectivity index (χ1n) is 16.9. The molecule has 1 heterocycles. The molecule has 3 aromatic carbocycles. The van der Waals surface area contributed by atoms with Gasteiger partial charge in [-0.3, -0.25) is 0 Å². The van der Waals surface area contributed by atoms with Crippen LogP contribution in [0.5, 0.6) is 17.2 Å². The Morgan fingerprint density at radius 2 is 1.53 bits per heavy atom. The Labute approximate surface area is 275 Å². The molecule has 0 spiro atoms. The third kappa shape index (κ3) is 9.60. The van der Waals surface area contributed by atoms with Crippen molar-refractivity contribution >= 4 is 0 Å².